The molecule has 0 radical (unpaired) electrons. The first-order valence-electron chi connectivity index (χ1n) is 9.73. The Bertz CT molecular complexity index is 905. The third-order valence-electron chi connectivity index (χ3n) is 5.17. The molecule has 0 spiro atoms. The zero-order valence-electron chi connectivity index (χ0n) is 16.0. The van der Waals surface area contributed by atoms with Crippen molar-refractivity contribution in [3.63, 3.8) is 0 Å². The second-order valence-electron chi connectivity index (χ2n) is 7.23. The fourth-order valence-electron chi connectivity index (χ4n) is 3.96. The summed E-state index contributed by atoms with van der Waals surface area (Å²) in [4.78, 5) is 12.1. The summed E-state index contributed by atoms with van der Waals surface area (Å²) in [5, 5.41) is 1.60. The van der Waals surface area contributed by atoms with E-state index >= 15 is 0 Å². The lowest BCUT2D eigenvalue weighted by Gasteiger charge is -2.29. The average Bonchev–Trinajstić information content (AvgIpc) is 3.39. The molecular formula is C21H23N3O3S. The van der Waals surface area contributed by atoms with Gasteiger partial charge in [-0.1, -0.05) is 31.7 Å². The van der Waals surface area contributed by atoms with Gasteiger partial charge in [0.05, 0.1) is 18.3 Å². The number of hydrogen-bond acceptors (Lipinski definition) is 7. The largest absolute Gasteiger partial charge is 0.493 e. The van der Waals surface area contributed by atoms with Crippen LogP contribution in [0.3, 0.4) is 0 Å². The topological polar surface area (TPSA) is 56.2 Å². The van der Waals surface area contributed by atoms with Crippen LogP contribution in [0.1, 0.15) is 43.6 Å². The fourth-order valence-corrected chi connectivity index (χ4v) is 5.05. The summed E-state index contributed by atoms with van der Waals surface area (Å²) in [5.41, 5.74) is 2.06. The molecule has 0 aliphatic carbocycles. The van der Waals surface area contributed by atoms with E-state index in [2.05, 4.69) is 35.9 Å². The molecule has 0 N–H and O–H groups in total. The molecule has 7 heteroatoms. The Hall–Kier alpha value is -2.41. The van der Waals surface area contributed by atoms with Crippen molar-refractivity contribution < 1.29 is 14.2 Å². The van der Waals surface area contributed by atoms with Crippen LogP contribution in [-0.2, 0) is 0 Å². The van der Waals surface area contributed by atoms with Crippen molar-refractivity contribution in [3.05, 3.63) is 47.8 Å². The molecule has 1 fully saturated rings. The van der Waals surface area contributed by atoms with Gasteiger partial charge in [0.2, 0.25) is 6.79 Å². The van der Waals surface area contributed by atoms with Gasteiger partial charge in [-0.25, -0.2) is 0 Å². The Morgan fingerprint density at radius 1 is 1.25 bits per heavy atom. The molecule has 0 amide bonds. The number of fused-ring (bicyclic) bond motifs is 2. The predicted octanol–water partition coefficient (Wildman–Crippen LogP) is 4.19. The van der Waals surface area contributed by atoms with Gasteiger partial charge in [0.1, 0.15) is 11.8 Å². The number of amidine groups is 1. The lowest BCUT2D eigenvalue weighted by atomic mass is 9.95. The number of thioether (sulfide) groups is 1. The standard InChI is InChI=1S/C21H23N3O3S/c1-3-8-25-16-10-18-17(26-12-27-18)9-14(16)20-19(15-6-4-5-7-22-15)23-21-24(20)11-13(2)28-21/h4-7,9-10,13,19-20H,3,8,11-12H2,1-2H3/t13-,19-,20-/m0/s1. The number of ether oxygens (including phenoxy) is 3. The van der Waals surface area contributed by atoms with Gasteiger partial charge in [-0.05, 0) is 24.6 Å². The van der Waals surface area contributed by atoms with Gasteiger partial charge in [-0.2, -0.15) is 0 Å². The van der Waals surface area contributed by atoms with Crippen LogP contribution in [-0.4, -0.2) is 40.2 Å². The fraction of sp³-hybridized carbons (Fsp3) is 0.429. The van der Waals surface area contributed by atoms with E-state index in [0.717, 1.165) is 46.6 Å². The van der Waals surface area contributed by atoms with Crippen LogP contribution < -0.4 is 14.2 Å². The molecule has 0 saturated carbocycles. The van der Waals surface area contributed by atoms with Crippen molar-refractivity contribution in [3.8, 4) is 17.2 Å². The molecule has 146 valence electrons. The van der Waals surface area contributed by atoms with E-state index in [1.54, 1.807) is 0 Å². The molecule has 6 nitrogen and oxygen atoms in total. The normalized spacial score (nSPS) is 25.0. The smallest absolute Gasteiger partial charge is 0.231 e. The summed E-state index contributed by atoms with van der Waals surface area (Å²) in [6.45, 7) is 6.22. The summed E-state index contributed by atoms with van der Waals surface area (Å²) >= 11 is 1.83. The summed E-state index contributed by atoms with van der Waals surface area (Å²) in [6, 6.07) is 10.0. The SMILES string of the molecule is CCCOc1cc2c(cc1[C@H]1[C@H](c3ccccn3)N=C3S[C@@H](C)CN31)OCO2. The van der Waals surface area contributed by atoms with Crippen LogP contribution in [0.4, 0.5) is 0 Å². The minimum Gasteiger partial charge on any atom is -0.493 e. The van der Waals surface area contributed by atoms with Crippen molar-refractivity contribution in [2.24, 2.45) is 4.99 Å². The highest BCUT2D eigenvalue weighted by Gasteiger charge is 2.45. The van der Waals surface area contributed by atoms with Crippen LogP contribution in [0, 0.1) is 0 Å². The molecule has 28 heavy (non-hydrogen) atoms. The van der Waals surface area contributed by atoms with Gasteiger partial charge in [0.25, 0.3) is 0 Å². The second-order valence-corrected chi connectivity index (χ2v) is 8.63. The van der Waals surface area contributed by atoms with Gasteiger partial charge in [-0.3, -0.25) is 9.98 Å². The first kappa shape index (κ1) is 17.7. The maximum atomic E-state index is 6.14. The molecule has 3 atom stereocenters. The van der Waals surface area contributed by atoms with Crippen LogP contribution in [0.15, 0.2) is 41.5 Å². The Morgan fingerprint density at radius 2 is 2.11 bits per heavy atom. The summed E-state index contributed by atoms with van der Waals surface area (Å²) < 4.78 is 17.4. The van der Waals surface area contributed by atoms with E-state index in [1.807, 2.05) is 36.2 Å². The number of benzene rings is 1. The number of nitrogens with zero attached hydrogens (tertiary/aromatic N) is 3. The first-order valence-corrected chi connectivity index (χ1v) is 10.6. The van der Waals surface area contributed by atoms with Crippen molar-refractivity contribution in [2.45, 2.75) is 37.6 Å². The van der Waals surface area contributed by atoms with E-state index < -0.39 is 0 Å². The van der Waals surface area contributed by atoms with Crippen molar-refractivity contribution in [1.29, 1.82) is 0 Å². The van der Waals surface area contributed by atoms with E-state index in [1.165, 1.54) is 0 Å². The lowest BCUT2D eigenvalue weighted by Crippen LogP contribution is -2.29. The monoisotopic (exact) mass is 397 g/mol. The molecule has 0 unspecified atom stereocenters. The maximum Gasteiger partial charge on any atom is 0.231 e. The van der Waals surface area contributed by atoms with Crippen LogP contribution in [0.5, 0.6) is 17.2 Å². The summed E-state index contributed by atoms with van der Waals surface area (Å²) in [5.74, 6) is 2.36. The van der Waals surface area contributed by atoms with Gasteiger partial charge in [0.15, 0.2) is 16.7 Å². The molecule has 0 bridgehead atoms. The summed E-state index contributed by atoms with van der Waals surface area (Å²) in [6.07, 6.45) is 2.78. The highest BCUT2D eigenvalue weighted by Crippen LogP contribution is 2.52. The van der Waals surface area contributed by atoms with E-state index in [9.17, 15) is 0 Å². The average molecular weight is 398 g/mol. The highest BCUT2D eigenvalue weighted by atomic mass is 32.2. The zero-order valence-corrected chi connectivity index (χ0v) is 16.8. The zero-order chi connectivity index (χ0) is 19.1. The molecule has 2 aromatic rings. The quantitative estimate of drug-likeness (QED) is 0.754. The first-order chi connectivity index (χ1) is 13.7. The maximum absolute atomic E-state index is 6.14. The van der Waals surface area contributed by atoms with E-state index in [0.29, 0.717) is 11.9 Å². The van der Waals surface area contributed by atoms with E-state index in [-0.39, 0.29) is 18.9 Å². The minimum absolute atomic E-state index is 0.0312. The highest BCUT2D eigenvalue weighted by molar-refractivity contribution is 8.14. The number of aromatic nitrogens is 1. The van der Waals surface area contributed by atoms with Crippen LogP contribution in [0.25, 0.3) is 0 Å². The van der Waals surface area contributed by atoms with Crippen molar-refractivity contribution in [2.75, 3.05) is 19.9 Å². The molecule has 4 heterocycles. The lowest BCUT2D eigenvalue weighted by molar-refractivity contribution is 0.173. The summed E-state index contributed by atoms with van der Waals surface area (Å²) in [7, 11) is 0. The van der Waals surface area contributed by atoms with Crippen molar-refractivity contribution >= 4 is 16.9 Å². The van der Waals surface area contributed by atoms with Crippen LogP contribution in [0.2, 0.25) is 0 Å². The van der Waals surface area contributed by atoms with Gasteiger partial charge >= 0.3 is 0 Å². The molecule has 5 rings (SSSR count). The Labute approximate surface area is 168 Å². The van der Waals surface area contributed by atoms with Gasteiger partial charge < -0.3 is 19.1 Å². The van der Waals surface area contributed by atoms with Gasteiger partial charge in [-0.15, -0.1) is 0 Å². The number of aliphatic imine (C=N–C) groups is 1. The molecule has 1 aromatic heterocycles. The molecular weight excluding hydrogens is 374 g/mol. The third-order valence-corrected chi connectivity index (χ3v) is 6.27. The number of hydrogen-bond donors (Lipinski definition) is 0. The molecule has 1 aromatic carbocycles. The predicted molar refractivity (Wildman–Crippen MR) is 109 cm³/mol. The second kappa shape index (κ2) is 7.20. The minimum atomic E-state index is -0.0689. The molecule has 1 saturated heterocycles. The molecule has 3 aliphatic rings. The van der Waals surface area contributed by atoms with Gasteiger partial charge in [0, 0.05) is 29.6 Å². The number of rotatable bonds is 5. The van der Waals surface area contributed by atoms with Crippen molar-refractivity contribution in [1.82, 2.24) is 9.88 Å². The van der Waals surface area contributed by atoms with Crippen LogP contribution >= 0.6 is 11.8 Å². The van der Waals surface area contributed by atoms with E-state index in [4.69, 9.17) is 19.2 Å². The Morgan fingerprint density at radius 3 is 2.89 bits per heavy atom. The molecule has 3 aliphatic heterocycles. The Kier molecular flexibility index (Phi) is 4.55. The number of pyridine rings is 1. The third kappa shape index (κ3) is 2.98. The Balaban J connectivity index is 1.61.